The Hall–Kier alpha value is -2.52. The lowest BCUT2D eigenvalue weighted by Gasteiger charge is -2.04. The van der Waals surface area contributed by atoms with E-state index in [-0.39, 0.29) is 5.69 Å². The summed E-state index contributed by atoms with van der Waals surface area (Å²) in [5.74, 6) is 13.1. The lowest BCUT2D eigenvalue weighted by Crippen LogP contribution is -2.11. The summed E-state index contributed by atoms with van der Waals surface area (Å²) in [5, 5.41) is 11.8. The first-order valence-corrected chi connectivity index (χ1v) is 9.35. The molecule has 2 rings (SSSR count). The van der Waals surface area contributed by atoms with Gasteiger partial charge in [-0.15, -0.1) is 0 Å². The summed E-state index contributed by atoms with van der Waals surface area (Å²) in [6.45, 7) is 1.87. The third-order valence-corrected chi connectivity index (χ3v) is 4.32. The summed E-state index contributed by atoms with van der Waals surface area (Å²) in [5.41, 5.74) is 1.47. The number of aromatic nitrogens is 2. The summed E-state index contributed by atoms with van der Waals surface area (Å²) < 4.78 is 1.99. The highest BCUT2D eigenvalue weighted by atomic mass is 32.2. The number of thioether (sulfide) groups is 1. The minimum Gasteiger partial charge on any atom is -0.307 e. The highest BCUT2D eigenvalue weighted by Crippen LogP contribution is 2.26. The molecule has 2 aromatic rings. The molecule has 0 N–H and O–H groups in total. The third kappa shape index (κ3) is 6.30. The van der Waals surface area contributed by atoms with Crippen molar-refractivity contribution in [1.82, 2.24) is 19.4 Å². The van der Waals surface area contributed by atoms with Gasteiger partial charge in [0.25, 0.3) is 5.69 Å². The Bertz CT molecular complexity index is 928. The van der Waals surface area contributed by atoms with Gasteiger partial charge in [0.15, 0.2) is 5.16 Å². The van der Waals surface area contributed by atoms with Gasteiger partial charge < -0.3 is 4.57 Å². The van der Waals surface area contributed by atoms with Gasteiger partial charge in [-0.1, -0.05) is 35.4 Å². The molecule has 27 heavy (non-hydrogen) atoms. The zero-order chi connectivity index (χ0) is 19.8. The molecule has 0 bridgehead atoms. The van der Waals surface area contributed by atoms with Crippen molar-refractivity contribution in [2.24, 2.45) is 0 Å². The average molecular weight is 385 g/mol. The second-order valence-electron chi connectivity index (χ2n) is 6.38. The van der Waals surface area contributed by atoms with Crippen molar-refractivity contribution in [3.63, 3.8) is 0 Å². The molecule has 0 fully saturated rings. The van der Waals surface area contributed by atoms with Crippen LogP contribution in [-0.4, -0.2) is 71.3 Å². The van der Waals surface area contributed by atoms with Crippen LogP contribution in [0.2, 0.25) is 0 Å². The topological polar surface area (TPSA) is 67.4 Å². The highest BCUT2D eigenvalue weighted by molar-refractivity contribution is 7.99. The number of nitro groups is 1. The molecular weight excluding hydrogens is 362 g/mol. The molecule has 0 aliphatic heterocycles. The summed E-state index contributed by atoms with van der Waals surface area (Å²) in [6, 6.07) is 4.73. The molecule has 7 nitrogen and oxygen atoms in total. The van der Waals surface area contributed by atoms with Crippen LogP contribution in [0.5, 0.6) is 0 Å². The van der Waals surface area contributed by atoms with Gasteiger partial charge in [0.2, 0.25) is 0 Å². The van der Waals surface area contributed by atoms with Crippen molar-refractivity contribution in [3.05, 3.63) is 28.3 Å². The van der Waals surface area contributed by atoms with E-state index in [2.05, 4.69) is 28.7 Å². The van der Waals surface area contributed by atoms with Gasteiger partial charge in [-0.25, -0.2) is 4.98 Å². The van der Waals surface area contributed by atoms with E-state index in [0.29, 0.717) is 30.9 Å². The fourth-order valence-electron chi connectivity index (χ4n) is 2.19. The molecular formula is C19H23N5O2S. The number of imidazole rings is 1. The fourth-order valence-corrected chi connectivity index (χ4v) is 2.97. The smallest absolute Gasteiger partial charge is 0.271 e. The van der Waals surface area contributed by atoms with Crippen molar-refractivity contribution in [3.8, 4) is 23.7 Å². The van der Waals surface area contributed by atoms with Crippen LogP contribution in [0.4, 0.5) is 5.69 Å². The number of non-ortho nitro benzene ring substituents is 1. The number of nitro benzene ring substituents is 1. The number of fused-ring (bicyclic) bond motifs is 1. The summed E-state index contributed by atoms with van der Waals surface area (Å²) in [6.07, 6.45) is 0. The first kappa shape index (κ1) is 20.8. The van der Waals surface area contributed by atoms with Crippen LogP contribution in [0.15, 0.2) is 23.4 Å². The lowest BCUT2D eigenvalue weighted by atomic mass is 10.3. The summed E-state index contributed by atoms with van der Waals surface area (Å²) in [4.78, 5) is 19.2. The predicted molar refractivity (Wildman–Crippen MR) is 110 cm³/mol. The molecule has 1 heterocycles. The molecule has 0 aliphatic carbocycles. The maximum atomic E-state index is 11.0. The van der Waals surface area contributed by atoms with Crippen molar-refractivity contribution < 1.29 is 4.92 Å². The van der Waals surface area contributed by atoms with Gasteiger partial charge in [-0.05, 0) is 34.3 Å². The van der Waals surface area contributed by atoms with Crippen LogP contribution in [0, 0.1) is 33.8 Å². The molecule has 0 saturated carbocycles. The van der Waals surface area contributed by atoms with Gasteiger partial charge in [0, 0.05) is 12.1 Å². The molecule has 0 saturated heterocycles. The Balaban J connectivity index is 2.27. The van der Waals surface area contributed by atoms with Crippen LogP contribution < -0.4 is 0 Å². The molecule has 8 heteroatoms. The number of hydrogen-bond acceptors (Lipinski definition) is 6. The van der Waals surface area contributed by atoms with E-state index < -0.39 is 4.92 Å². The molecule has 142 valence electrons. The van der Waals surface area contributed by atoms with Gasteiger partial charge in [-0.2, -0.15) is 0 Å². The van der Waals surface area contributed by atoms with Crippen LogP contribution in [0.3, 0.4) is 0 Å². The summed E-state index contributed by atoms with van der Waals surface area (Å²) >= 11 is 1.51. The Labute approximate surface area is 163 Å². The minimum absolute atomic E-state index is 0.0353. The van der Waals surface area contributed by atoms with Gasteiger partial charge in [0.05, 0.1) is 41.3 Å². The van der Waals surface area contributed by atoms with Gasteiger partial charge >= 0.3 is 0 Å². The maximum Gasteiger partial charge on any atom is 0.271 e. The first-order valence-electron chi connectivity index (χ1n) is 8.37. The minimum atomic E-state index is -0.408. The molecule has 1 aromatic carbocycles. The van der Waals surface area contributed by atoms with Crippen molar-refractivity contribution in [1.29, 1.82) is 0 Å². The Morgan fingerprint density at radius 1 is 1.11 bits per heavy atom. The fraction of sp³-hybridized carbons (Fsp3) is 0.421. The monoisotopic (exact) mass is 385 g/mol. The standard InChI is InChI=1S/C19H23N5O2S/c1-21(2)11-5-6-13-23-18-10-9-16(24(25)26)15-17(18)20-19(23)27-14-8-7-12-22(3)4/h9-10,15H,11-14H2,1-4H3. The van der Waals surface area contributed by atoms with Crippen LogP contribution in [0.25, 0.3) is 11.0 Å². The molecule has 0 spiro atoms. The Kier molecular flexibility index (Phi) is 7.68. The second-order valence-corrected chi connectivity index (χ2v) is 7.32. The molecule has 0 aliphatic rings. The van der Waals surface area contributed by atoms with E-state index in [0.717, 1.165) is 10.7 Å². The zero-order valence-electron chi connectivity index (χ0n) is 16.0. The van der Waals surface area contributed by atoms with Crippen molar-refractivity contribution >= 4 is 28.5 Å². The van der Waals surface area contributed by atoms with E-state index >= 15 is 0 Å². The number of nitrogens with zero attached hydrogens (tertiary/aromatic N) is 5. The van der Waals surface area contributed by atoms with E-state index in [1.165, 1.54) is 23.9 Å². The highest BCUT2D eigenvalue weighted by Gasteiger charge is 2.14. The number of rotatable bonds is 6. The second kappa shape index (κ2) is 9.98. The van der Waals surface area contributed by atoms with Crippen molar-refractivity contribution in [2.45, 2.75) is 11.7 Å². The van der Waals surface area contributed by atoms with Gasteiger partial charge in [0.1, 0.15) is 0 Å². The SMILES string of the molecule is CN(C)CC#CCSc1nc2cc([N+](=O)[O-])ccc2n1CC#CCN(C)C. The zero-order valence-corrected chi connectivity index (χ0v) is 16.8. The van der Waals surface area contributed by atoms with Crippen molar-refractivity contribution in [2.75, 3.05) is 47.0 Å². The van der Waals surface area contributed by atoms with E-state index in [9.17, 15) is 10.1 Å². The largest absolute Gasteiger partial charge is 0.307 e. The predicted octanol–water partition coefficient (Wildman–Crippen LogP) is 2.17. The Morgan fingerprint density at radius 2 is 1.78 bits per heavy atom. The lowest BCUT2D eigenvalue weighted by molar-refractivity contribution is -0.384. The molecule has 0 radical (unpaired) electrons. The van der Waals surface area contributed by atoms with E-state index in [1.54, 1.807) is 6.07 Å². The number of hydrogen-bond donors (Lipinski definition) is 0. The van der Waals surface area contributed by atoms with E-state index in [1.807, 2.05) is 42.6 Å². The van der Waals surface area contributed by atoms with Crippen LogP contribution in [-0.2, 0) is 6.54 Å². The van der Waals surface area contributed by atoms with Crippen LogP contribution in [0.1, 0.15) is 0 Å². The Morgan fingerprint density at radius 3 is 2.41 bits per heavy atom. The van der Waals surface area contributed by atoms with Gasteiger partial charge in [-0.3, -0.25) is 19.9 Å². The van der Waals surface area contributed by atoms with E-state index in [4.69, 9.17) is 0 Å². The normalized spacial score (nSPS) is 10.6. The quantitative estimate of drug-likeness (QED) is 0.329. The number of benzene rings is 1. The first-order chi connectivity index (χ1) is 12.9. The molecule has 0 amide bonds. The maximum absolute atomic E-state index is 11.0. The molecule has 0 atom stereocenters. The third-order valence-electron chi connectivity index (χ3n) is 3.46. The van der Waals surface area contributed by atoms with Crippen LogP contribution >= 0.6 is 11.8 Å². The molecule has 1 aromatic heterocycles. The average Bonchev–Trinajstić information content (AvgIpc) is 2.94. The molecule has 0 unspecified atom stereocenters. The summed E-state index contributed by atoms with van der Waals surface area (Å²) in [7, 11) is 7.88.